The normalized spacial score (nSPS) is 12.7. The summed E-state index contributed by atoms with van der Waals surface area (Å²) >= 11 is 0. The zero-order chi connectivity index (χ0) is 24.2. The number of nitrogens with one attached hydrogen (secondary N) is 1. The molecule has 1 atom stereocenters. The molecule has 8 heteroatoms. The van der Waals surface area contributed by atoms with Gasteiger partial charge in [0.2, 0.25) is 5.91 Å². The first-order valence-corrected chi connectivity index (χ1v) is 13.6. The second-order valence-electron chi connectivity index (χ2n) is 9.51. The van der Waals surface area contributed by atoms with Crippen LogP contribution in [-0.4, -0.2) is 55.2 Å². The molecule has 0 aromatic heterocycles. The predicted octanol–water partition coefficient (Wildman–Crippen LogP) is 5.76. The summed E-state index contributed by atoms with van der Waals surface area (Å²) < 4.78 is 32.4. The van der Waals surface area contributed by atoms with Crippen LogP contribution in [0, 0.1) is 0 Å². The fourth-order valence-corrected chi connectivity index (χ4v) is 3.16. The summed E-state index contributed by atoms with van der Waals surface area (Å²) in [7, 11) is 1.66. The van der Waals surface area contributed by atoms with Gasteiger partial charge in [0.05, 0.1) is 21.1 Å². The molecule has 1 unspecified atom stereocenters. The highest BCUT2D eigenvalue weighted by Crippen LogP contribution is 2.13. The molecule has 188 valence electrons. The first-order chi connectivity index (χ1) is 14.4. The Kier molecular flexibility index (Phi) is 20.9. The maximum atomic E-state index is 11.9. The van der Waals surface area contributed by atoms with Gasteiger partial charge >= 0.3 is 10.4 Å². The molecule has 0 aromatic carbocycles. The SMILES string of the molecule is CCCCCCCCCCCCCCCCCC(=O)NC(C)[N+](C)(C)C.O=S(=O)(O)O. The van der Waals surface area contributed by atoms with Crippen molar-refractivity contribution in [1.29, 1.82) is 0 Å². The van der Waals surface area contributed by atoms with E-state index in [4.69, 9.17) is 17.5 Å². The zero-order valence-electron chi connectivity index (χ0n) is 20.9. The molecular formula is C23H51N2O5S+. The second-order valence-corrected chi connectivity index (χ2v) is 10.4. The van der Waals surface area contributed by atoms with Crippen molar-refractivity contribution < 1.29 is 26.8 Å². The van der Waals surface area contributed by atoms with Gasteiger partial charge in [-0.05, 0) is 6.42 Å². The fourth-order valence-electron chi connectivity index (χ4n) is 3.16. The topological polar surface area (TPSA) is 104 Å². The van der Waals surface area contributed by atoms with E-state index in [1.165, 1.54) is 89.9 Å². The zero-order valence-corrected chi connectivity index (χ0v) is 21.7. The van der Waals surface area contributed by atoms with Crippen molar-refractivity contribution in [2.45, 2.75) is 123 Å². The lowest BCUT2D eigenvalue weighted by molar-refractivity contribution is -0.896. The van der Waals surface area contributed by atoms with Crippen molar-refractivity contribution in [3.8, 4) is 0 Å². The Balaban J connectivity index is 0. The monoisotopic (exact) mass is 467 g/mol. The van der Waals surface area contributed by atoms with E-state index in [9.17, 15) is 4.79 Å². The van der Waals surface area contributed by atoms with Crippen molar-refractivity contribution in [2.75, 3.05) is 21.1 Å². The highest BCUT2D eigenvalue weighted by atomic mass is 32.3. The van der Waals surface area contributed by atoms with Gasteiger partial charge in [-0.3, -0.25) is 13.9 Å². The molecule has 0 saturated heterocycles. The Bertz CT molecular complexity index is 511. The Hall–Kier alpha value is -0.700. The van der Waals surface area contributed by atoms with Gasteiger partial charge in [0.1, 0.15) is 0 Å². The molecule has 0 aliphatic carbocycles. The van der Waals surface area contributed by atoms with Crippen molar-refractivity contribution in [3.63, 3.8) is 0 Å². The maximum Gasteiger partial charge on any atom is 0.394 e. The summed E-state index contributed by atoms with van der Waals surface area (Å²) in [5.41, 5.74) is 0. The lowest BCUT2D eigenvalue weighted by Gasteiger charge is -2.31. The van der Waals surface area contributed by atoms with Crippen LogP contribution in [0.4, 0.5) is 0 Å². The Labute approximate surface area is 192 Å². The Morgan fingerprint density at radius 3 is 1.32 bits per heavy atom. The van der Waals surface area contributed by atoms with Crippen LogP contribution >= 0.6 is 0 Å². The predicted molar refractivity (Wildman–Crippen MR) is 129 cm³/mol. The average Bonchev–Trinajstić information content (AvgIpc) is 2.62. The third-order valence-corrected chi connectivity index (χ3v) is 5.54. The summed E-state index contributed by atoms with van der Waals surface area (Å²) in [5, 5.41) is 3.10. The molecule has 0 radical (unpaired) electrons. The maximum absolute atomic E-state index is 11.9. The van der Waals surface area contributed by atoms with E-state index in [1.54, 1.807) is 0 Å². The first-order valence-electron chi connectivity index (χ1n) is 12.2. The molecule has 0 bridgehead atoms. The highest BCUT2D eigenvalue weighted by Gasteiger charge is 2.19. The fraction of sp³-hybridized carbons (Fsp3) is 0.957. The van der Waals surface area contributed by atoms with Crippen LogP contribution in [0.2, 0.25) is 0 Å². The van der Waals surface area contributed by atoms with Crippen molar-refractivity contribution in [2.24, 2.45) is 0 Å². The summed E-state index contributed by atoms with van der Waals surface area (Å²) in [6.07, 6.45) is 21.3. The number of amides is 1. The average molecular weight is 468 g/mol. The number of nitrogens with zero attached hydrogens (tertiary/aromatic N) is 1. The smallest absolute Gasteiger partial charge is 0.312 e. The minimum atomic E-state index is -4.67. The molecule has 1 amide bonds. The molecule has 0 aromatic rings. The van der Waals surface area contributed by atoms with Crippen LogP contribution in [0.3, 0.4) is 0 Å². The molecule has 0 aliphatic heterocycles. The minimum absolute atomic E-state index is 0.179. The van der Waals surface area contributed by atoms with E-state index in [0.717, 1.165) is 10.9 Å². The summed E-state index contributed by atoms with van der Waals surface area (Å²) in [6.45, 7) is 4.36. The number of carbonyl (C=O) groups excluding carboxylic acids is 1. The van der Waals surface area contributed by atoms with E-state index in [-0.39, 0.29) is 12.1 Å². The van der Waals surface area contributed by atoms with Gasteiger partial charge in [0.25, 0.3) is 0 Å². The van der Waals surface area contributed by atoms with Gasteiger partial charge in [0, 0.05) is 13.3 Å². The van der Waals surface area contributed by atoms with E-state index in [1.807, 2.05) is 0 Å². The number of hydrogen-bond donors (Lipinski definition) is 3. The summed E-state index contributed by atoms with van der Waals surface area (Å²) in [4.78, 5) is 11.9. The molecule has 0 heterocycles. The molecule has 0 rings (SSSR count). The third-order valence-electron chi connectivity index (χ3n) is 5.54. The Morgan fingerprint density at radius 2 is 1.03 bits per heavy atom. The van der Waals surface area contributed by atoms with Gasteiger partial charge in [-0.2, -0.15) is 8.42 Å². The standard InChI is InChI=1S/C23H48N2O.H2O4S/c1-6-7-8-9-10-11-12-13-14-15-16-17-18-19-20-21-23(26)24-22(2)25(3,4)5;1-5(2,3)4/h22H,6-21H2,1-5H3;(H2,1,2,3,4)/p+1. The number of unbranched alkanes of at least 4 members (excludes halogenated alkanes) is 14. The van der Waals surface area contributed by atoms with Gasteiger partial charge in [-0.1, -0.05) is 96.8 Å². The molecule has 31 heavy (non-hydrogen) atoms. The number of carbonyl (C=O) groups is 1. The van der Waals surface area contributed by atoms with E-state index in [2.05, 4.69) is 40.3 Å². The van der Waals surface area contributed by atoms with Crippen LogP contribution in [0.15, 0.2) is 0 Å². The summed E-state index contributed by atoms with van der Waals surface area (Å²) in [6, 6.07) is 0. The number of rotatable bonds is 18. The molecule has 7 nitrogen and oxygen atoms in total. The van der Waals surface area contributed by atoms with Crippen molar-refractivity contribution in [3.05, 3.63) is 0 Å². The van der Waals surface area contributed by atoms with Gasteiger partial charge in [0.15, 0.2) is 6.17 Å². The lowest BCUT2D eigenvalue weighted by Crippen LogP contribution is -2.53. The van der Waals surface area contributed by atoms with E-state index in [0.29, 0.717) is 6.42 Å². The summed E-state index contributed by atoms with van der Waals surface area (Å²) in [5.74, 6) is 0.209. The van der Waals surface area contributed by atoms with Crippen LogP contribution < -0.4 is 5.32 Å². The lowest BCUT2D eigenvalue weighted by atomic mass is 10.0. The molecule has 0 spiro atoms. The molecule has 0 aliphatic rings. The quantitative estimate of drug-likeness (QED) is 0.103. The van der Waals surface area contributed by atoms with E-state index < -0.39 is 10.4 Å². The second kappa shape index (κ2) is 19.9. The van der Waals surface area contributed by atoms with Gasteiger partial charge in [-0.15, -0.1) is 0 Å². The van der Waals surface area contributed by atoms with Crippen LogP contribution in [0.5, 0.6) is 0 Å². The molecule has 0 fully saturated rings. The highest BCUT2D eigenvalue weighted by molar-refractivity contribution is 7.79. The largest absolute Gasteiger partial charge is 0.394 e. The molecular weight excluding hydrogens is 416 g/mol. The Morgan fingerprint density at radius 1 is 0.742 bits per heavy atom. The van der Waals surface area contributed by atoms with Crippen LogP contribution in [-0.2, 0) is 15.2 Å². The van der Waals surface area contributed by atoms with Crippen molar-refractivity contribution in [1.82, 2.24) is 5.32 Å². The van der Waals surface area contributed by atoms with Crippen LogP contribution in [0.1, 0.15) is 117 Å². The van der Waals surface area contributed by atoms with Crippen LogP contribution in [0.25, 0.3) is 0 Å². The third kappa shape index (κ3) is 31.6. The van der Waals surface area contributed by atoms with Gasteiger partial charge in [-0.25, -0.2) is 0 Å². The number of quaternary nitrogens is 1. The molecule has 0 saturated carbocycles. The van der Waals surface area contributed by atoms with Gasteiger partial charge < -0.3 is 9.80 Å². The van der Waals surface area contributed by atoms with E-state index >= 15 is 0 Å². The minimum Gasteiger partial charge on any atom is -0.312 e. The molecule has 3 N–H and O–H groups in total. The first kappa shape index (κ1) is 32.5. The van der Waals surface area contributed by atoms with Crippen molar-refractivity contribution >= 4 is 16.3 Å². The number of hydrogen-bond acceptors (Lipinski definition) is 3.